The topological polar surface area (TPSA) is 20.3 Å². The number of piperidine rings is 1. The Morgan fingerprint density at radius 3 is 2.81 bits per heavy atom. The average molecular weight is 299 g/mol. The molecule has 2 nitrogen and oxygen atoms in total. The van der Waals surface area contributed by atoms with E-state index in [9.17, 15) is 18.0 Å². The Hall–Kier alpha value is -1.52. The minimum Gasteiger partial charge on any atom is -0.343 e. The van der Waals surface area contributed by atoms with Crippen LogP contribution in [0.15, 0.2) is 24.3 Å². The van der Waals surface area contributed by atoms with Crippen LogP contribution < -0.4 is 0 Å². The highest BCUT2D eigenvalue weighted by Crippen LogP contribution is 2.30. The number of halogens is 3. The molecule has 1 fully saturated rings. The molecular formula is C16H20F3NO. The number of hydrogen-bond donors (Lipinski definition) is 0. The maximum Gasteiger partial charge on any atom is 0.416 e. The third-order valence-corrected chi connectivity index (χ3v) is 4.06. The zero-order valence-electron chi connectivity index (χ0n) is 12.1. The standard InChI is InChI=1S/C16H20F3NO/c1-12(21)20-9-3-5-14(11-20)8-7-13-4-2-6-15(10-13)16(17,18)19/h2,4,6,10,14H,3,5,7-9,11H2,1H3. The number of hydrogen-bond acceptors (Lipinski definition) is 1. The van der Waals surface area contributed by atoms with E-state index in [1.54, 1.807) is 13.0 Å². The van der Waals surface area contributed by atoms with Crippen LogP contribution in [0, 0.1) is 5.92 Å². The van der Waals surface area contributed by atoms with E-state index < -0.39 is 11.7 Å². The van der Waals surface area contributed by atoms with Crippen molar-refractivity contribution in [3.05, 3.63) is 35.4 Å². The van der Waals surface area contributed by atoms with Gasteiger partial charge in [0.1, 0.15) is 0 Å². The number of rotatable bonds is 3. The van der Waals surface area contributed by atoms with E-state index in [1.807, 2.05) is 4.90 Å². The SMILES string of the molecule is CC(=O)N1CCCC(CCc2cccc(C(F)(F)F)c2)C1. The third-order valence-electron chi connectivity index (χ3n) is 4.06. The fourth-order valence-corrected chi connectivity index (χ4v) is 2.86. The minimum absolute atomic E-state index is 0.0822. The summed E-state index contributed by atoms with van der Waals surface area (Å²) in [5, 5.41) is 0. The number of carbonyl (C=O) groups excluding carboxylic acids is 1. The van der Waals surface area contributed by atoms with Crippen LogP contribution in [0.2, 0.25) is 0 Å². The second-order valence-electron chi connectivity index (χ2n) is 5.71. The van der Waals surface area contributed by atoms with Crippen molar-refractivity contribution in [1.82, 2.24) is 4.90 Å². The number of amides is 1. The van der Waals surface area contributed by atoms with Gasteiger partial charge in [-0.05, 0) is 43.2 Å². The molecule has 1 aromatic carbocycles. The lowest BCUT2D eigenvalue weighted by molar-refractivity contribution is -0.137. The summed E-state index contributed by atoms with van der Waals surface area (Å²) in [4.78, 5) is 13.2. The molecule has 0 bridgehead atoms. The summed E-state index contributed by atoms with van der Waals surface area (Å²) in [6, 6.07) is 5.52. The van der Waals surface area contributed by atoms with Crippen molar-refractivity contribution in [2.45, 2.75) is 38.8 Å². The van der Waals surface area contributed by atoms with Gasteiger partial charge in [0.2, 0.25) is 5.91 Å². The fourth-order valence-electron chi connectivity index (χ4n) is 2.86. The number of benzene rings is 1. The summed E-state index contributed by atoms with van der Waals surface area (Å²) in [7, 11) is 0. The molecule has 2 rings (SSSR count). The zero-order valence-corrected chi connectivity index (χ0v) is 12.1. The van der Waals surface area contributed by atoms with Crippen molar-refractivity contribution in [3.8, 4) is 0 Å². The summed E-state index contributed by atoms with van der Waals surface area (Å²) in [6.45, 7) is 3.10. The fraction of sp³-hybridized carbons (Fsp3) is 0.562. The Morgan fingerprint density at radius 2 is 2.14 bits per heavy atom. The summed E-state index contributed by atoms with van der Waals surface area (Å²) >= 11 is 0. The van der Waals surface area contributed by atoms with Crippen LogP contribution in [-0.2, 0) is 17.4 Å². The molecule has 1 heterocycles. The van der Waals surface area contributed by atoms with E-state index in [1.165, 1.54) is 12.1 Å². The number of alkyl halides is 3. The van der Waals surface area contributed by atoms with E-state index in [2.05, 4.69) is 0 Å². The van der Waals surface area contributed by atoms with Crippen molar-refractivity contribution in [1.29, 1.82) is 0 Å². The van der Waals surface area contributed by atoms with Crippen LogP contribution in [0.5, 0.6) is 0 Å². The van der Waals surface area contributed by atoms with Gasteiger partial charge in [-0.15, -0.1) is 0 Å². The van der Waals surface area contributed by atoms with E-state index in [0.717, 1.165) is 38.4 Å². The van der Waals surface area contributed by atoms with Gasteiger partial charge in [-0.1, -0.05) is 18.2 Å². The molecule has 0 aromatic heterocycles. The lowest BCUT2D eigenvalue weighted by atomic mass is 9.91. The molecule has 1 atom stereocenters. The predicted octanol–water partition coefficient (Wildman–Crippen LogP) is 3.90. The molecule has 0 radical (unpaired) electrons. The van der Waals surface area contributed by atoms with Gasteiger partial charge in [0.05, 0.1) is 5.56 Å². The molecule has 1 amide bonds. The van der Waals surface area contributed by atoms with Crippen molar-refractivity contribution >= 4 is 5.91 Å². The normalized spacial score (nSPS) is 19.6. The molecule has 21 heavy (non-hydrogen) atoms. The molecule has 1 aliphatic heterocycles. The number of nitrogens with zero attached hydrogens (tertiary/aromatic N) is 1. The number of likely N-dealkylation sites (tertiary alicyclic amines) is 1. The highest BCUT2D eigenvalue weighted by molar-refractivity contribution is 5.73. The van der Waals surface area contributed by atoms with E-state index in [0.29, 0.717) is 17.9 Å². The van der Waals surface area contributed by atoms with Gasteiger partial charge >= 0.3 is 6.18 Å². The molecule has 0 aliphatic carbocycles. The van der Waals surface area contributed by atoms with Gasteiger partial charge < -0.3 is 4.90 Å². The van der Waals surface area contributed by atoms with E-state index in [4.69, 9.17) is 0 Å². The number of carbonyl (C=O) groups is 1. The zero-order chi connectivity index (χ0) is 15.5. The Balaban J connectivity index is 1.92. The highest BCUT2D eigenvalue weighted by Gasteiger charge is 2.30. The van der Waals surface area contributed by atoms with Gasteiger partial charge in [-0.2, -0.15) is 13.2 Å². The Morgan fingerprint density at radius 1 is 1.38 bits per heavy atom. The van der Waals surface area contributed by atoms with Gasteiger partial charge in [0.25, 0.3) is 0 Å². The first-order chi connectivity index (χ1) is 9.86. The van der Waals surface area contributed by atoms with Crippen molar-refractivity contribution in [2.24, 2.45) is 5.92 Å². The monoisotopic (exact) mass is 299 g/mol. The van der Waals surface area contributed by atoms with Crippen LogP contribution in [0.3, 0.4) is 0 Å². The van der Waals surface area contributed by atoms with Crippen molar-refractivity contribution in [2.75, 3.05) is 13.1 Å². The summed E-state index contributed by atoms with van der Waals surface area (Å²) < 4.78 is 38.0. The summed E-state index contributed by atoms with van der Waals surface area (Å²) in [6.07, 6.45) is -0.812. The lowest BCUT2D eigenvalue weighted by Crippen LogP contribution is -2.38. The van der Waals surface area contributed by atoms with Crippen molar-refractivity contribution < 1.29 is 18.0 Å². The highest BCUT2D eigenvalue weighted by atomic mass is 19.4. The lowest BCUT2D eigenvalue weighted by Gasteiger charge is -2.32. The molecule has 1 unspecified atom stereocenters. The predicted molar refractivity (Wildman–Crippen MR) is 74.7 cm³/mol. The third kappa shape index (κ3) is 4.48. The molecule has 1 aliphatic rings. The Labute approximate surface area is 122 Å². The molecule has 116 valence electrons. The maximum atomic E-state index is 12.7. The van der Waals surface area contributed by atoms with Crippen LogP contribution in [0.4, 0.5) is 13.2 Å². The van der Waals surface area contributed by atoms with Gasteiger partial charge in [-0.3, -0.25) is 4.79 Å². The Bertz CT molecular complexity index is 499. The first-order valence-corrected chi connectivity index (χ1v) is 7.28. The van der Waals surface area contributed by atoms with Crippen LogP contribution in [-0.4, -0.2) is 23.9 Å². The summed E-state index contributed by atoms with van der Waals surface area (Å²) in [5.74, 6) is 0.468. The molecule has 0 saturated carbocycles. The largest absolute Gasteiger partial charge is 0.416 e. The van der Waals surface area contributed by atoms with E-state index in [-0.39, 0.29) is 5.91 Å². The van der Waals surface area contributed by atoms with Crippen LogP contribution >= 0.6 is 0 Å². The number of aryl methyl sites for hydroxylation is 1. The molecule has 5 heteroatoms. The molecule has 0 spiro atoms. The smallest absolute Gasteiger partial charge is 0.343 e. The molecule has 1 saturated heterocycles. The second-order valence-corrected chi connectivity index (χ2v) is 5.71. The second kappa shape index (κ2) is 6.50. The quantitative estimate of drug-likeness (QED) is 0.829. The van der Waals surface area contributed by atoms with Crippen LogP contribution in [0.1, 0.15) is 37.3 Å². The molecule has 1 aromatic rings. The summed E-state index contributed by atoms with van der Waals surface area (Å²) in [5.41, 5.74) is 0.124. The first-order valence-electron chi connectivity index (χ1n) is 7.28. The van der Waals surface area contributed by atoms with Gasteiger partial charge in [0.15, 0.2) is 0 Å². The van der Waals surface area contributed by atoms with Crippen LogP contribution in [0.25, 0.3) is 0 Å². The maximum absolute atomic E-state index is 12.7. The molecule has 0 N–H and O–H groups in total. The minimum atomic E-state index is -4.29. The first kappa shape index (κ1) is 15.9. The average Bonchev–Trinajstić information content (AvgIpc) is 2.45. The van der Waals surface area contributed by atoms with E-state index >= 15 is 0 Å². The van der Waals surface area contributed by atoms with Gasteiger partial charge in [-0.25, -0.2) is 0 Å². The molecular weight excluding hydrogens is 279 g/mol. The van der Waals surface area contributed by atoms with Crippen molar-refractivity contribution in [3.63, 3.8) is 0 Å². The Kier molecular flexibility index (Phi) is 4.91. The van der Waals surface area contributed by atoms with Gasteiger partial charge in [0, 0.05) is 20.0 Å².